The summed E-state index contributed by atoms with van der Waals surface area (Å²) in [7, 11) is 1.96. The molecule has 6 heteroatoms. The zero-order valence-electron chi connectivity index (χ0n) is 13.8. The van der Waals surface area contributed by atoms with Crippen molar-refractivity contribution in [1.29, 1.82) is 0 Å². The van der Waals surface area contributed by atoms with E-state index in [1.807, 2.05) is 24.1 Å². The Labute approximate surface area is 145 Å². The topological polar surface area (TPSA) is 38.9 Å². The van der Waals surface area contributed by atoms with Crippen LogP contribution in [0.15, 0.2) is 35.4 Å². The van der Waals surface area contributed by atoms with Crippen LogP contribution in [0.25, 0.3) is 11.3 Å². The maximum Gasteiger partial charge on any atom is 0.109 e. The van der Waals surface area contributed by atoms with Crippen molar-refractivity contribution in [2.45, 2.75) is 19.5 Å². The predicted octanol–water partition coefficient (Wildman–Crippen LogP) is 2.65. The van der Waals surface area contributed by atoms with E-state index >= 15 is 0 Å². The summed E-state index contributed by atoms with van der Waals surface area (Å²) in [5.74, 6) is 2.73. The van der Waals surface area contributed by atoms with Gasteiger partial charge in [-0.25, -0.2) is 4.98 Å². The lowest BCUT2D eigenvalue weighted by molar-refractivity contribution is 0.307. The maximum absolute atomic E-state index is 4.71. The van der Waals surface area contributed by atoms with Crippen molar-refractivity contribution >= 4 is 11.3 Å². The van der Waals surface area contributed by atoms with Crippen LogP contribution in [0.3, 0.4) is 0 Å². The molecule has 5 heterocycles. The first kappa shape index (κ1) is 14.4. The van der Waals surface area contributed by atoms with Crippen LogP contribution in [0, 0.1) is 11.8 Å². The van der Waals surface area contributed by atoms with E-state index in [0.717, 1.165) is 31.3 Å². The fraction of sp³-hybridized carbons (Fsp3) is 0.444. The number of likely N-dealkylation sites (tertiary alicyclic amines) is 1. The quantitative estimate of drug-likeness (QED) is 0.736. The summed E-state index contributed by atoms with van der Waals surface area (Å²) in [4.78, 5) is 7.33. The molecule has 3 aromatic heterocycles. The van der Waals surface area contributed by atoms with E-state index in [2.05, 4.69) is 37.6 Å². The Balaban J connectivity index is 1.36. The van der Waals surface area contributed by atoms with Crippen LogP contribution < -0.4 is 0 Å². The highest BCUT2D eigenvalue weighted by atomic mass is 32.1. The number of rotatable bonds is 3. The van der Waals surface area contributed by atoms with Crippen LogP contribution >= 0.6 is 11.3 Å². The van der Waals surface area contributed by atoms with E-state index in [4.69, 9.17) is 4.98 Å². The number of fused-ring (bicyclic) bond motifs is 2. The second kappa shape index (κ2) is 5.57. The minimum absolute atomic E-state index is 0.737. The van der Waals surface area contributed by atoms with Crippen molar-refractivity contribution < 1.29 is 0 Å². The number of aromatic nitrogens is 4. The van der Waals surface area contributed by atoms with E-state index < -0.39 is 0 Å². The highest BCUT2D eigenvalue weighted by Gasteiger charge is 2.37. The molecular weight excluding hydrogens is 318 g/mol. The van der Waals surface area contributed by atoms with Gasteiger partial charge in [-0.05, 0) is 34.2 Å². The van der Waals surface area contributed by atoms with Gasteiger partial charge in [0.2, 0.25) is 0 Å². The third-order valence-electron chi connectivity index (χ3n) is 5.44. The van der Waals surface area contributed by atoms with Crippen LogP contribution in [0.4, 0.5) is 0 Å². The van der Waals surface area contributed by atoms with Crippen LogP contribution in [0.5, 0.6) is 0 Å². The molecule has 0 N–H and O–H groups in total. The highest BCUT2D eigenvalue weighted by Crippen LogP contribution is 2.35. The zero-order valence-corrected chi connectivity index (χ0v) is 14.6. The SMILES string of the molecule is Cn1cc(-c2cnc3n2C[C@H]2CN(Cc4ccsc4)C[C@@H]2C3)cn1. The first-order valence-electron chi connectivity index (χ1n) is 8.53. The number of aryl methyl sites for hydroxylation is 1. The van der Waals surface area contributed by atoms with Crippen molar-refractivity contribution in [3.05, 3.63) is 46.8 Å². The third kappa shape index (κ3) is 2.41. The molecule has 2 aliphatic rings. The van der Waals surface area contributed by atoms with E-state index in [-0.39, 0.29) is 0 Å². The standard InChI is InChI=1S/C18H21N5S/c1-21-8-15(5-20-21)17-6-19-18-4-14-9-22(7-13-2-3-24-12-13)10-16(14)11-23(17)18/h2-3,5-6,8,12,14,16H,4,7,9-11H2,1H3/t14-,16+/m0/s1. The first-order valence-corrected chi connectivity index (χ1v) is 9.47. The molecule has 1 fully saturated rings. The molecule has 0 radical (unpaired) electrons. The average molecular weight is 339 g/mol. The van der Waals surface area contributed by atoms with Gasteiger partial charge in [-0.3, -0.25) is 9.58 Å². The molecule has 124 valence electrons. The fourth-order valence-electron chi connectivity index (χ4n) is 4.28. The Morgan fingerprint density at radius 2 is 2.12 bits per heavy atom. The lowest BCUT2D eigenvalue weighted by atomic mass is 9.89. The second-order valence-corrected chi connectivity index (χ2v) is 7.90. The third-order valence-corrected chi connectivity index (χ3v) is 6.17. The zero-order chi connectivity index (χ0) is 16.1. The van der Waals surface area contributed by atoms with Gasteiger partial charge in [0.15, 0.2) is 0 Å². The molecule has 2 aliphatic heterocycles. The summed E-state index contributed by atoms with van der Waals surface area (Å²) in [6.45, 7) is 4.58. The van der Waals surface area contributed by atoms with Crippen molar-refractivity contribution in [2.75, 3.05) is 13.1 Å². The predicted molar refractivity (Wildman–Crippen MR) is 94.7 cm³/mol. The molecule has 5 rings (SSSR count). The van der Waals surface area contributed by atoms with Gasteiger partial charge >= 0.3 is 0 Å². The smallest absolute Gasteiger partial charge is 0.109 e. The van der Waals surface area contributed by atoms with E-state index in [0.29, 0.717) is 0 Å². The van der Waals surface area contributed by atoms with Gasteiger partial charge in [-0.2, -0.15) is 16.4 Å². The van der Waals surface area contributed by atoms with Gasteiger partial charge < -0.3 is 4.57 Å². The molecule has 0 saturated carbocycles. The Morgan fingerprint density at radius 1 is 1.21 bits per heavy atom. The first-order chi connectivity index (χ1) is 11.8. The van der Waals surface area contributed by atoms with Crippen LogP contribution in [-0.4, -0.2) is 37.3 Å². The maximum atomic E-state index is 4.71. The lowest BCUT2D eigenvalue weighted by Gasteiger charge is -2.26. The summed E-state index contributed by atoms with van der Waals surface area (Å²) in [6, 6.07) is 2.25. The number of hydrogen-bond donors (Lipinski definition) is 0. The Kier molecular flexibility index (Phi) is 3.35. The van der Waals surface area contributed by atoms with Gasteiger partial charge in [-0.15, -0.1) is 0 Å². The van der Waals surface area contributed by atoms with Crippen LogP contribution in [0.1, 0.15) is 11.4 Å². The van der Waals surface area contributed by atoms with Crippen molar-refractivity contribution in [2.24, 2.45) is 18.9 Å². The molecule has 0 aromatic carbocycles. The second-order valence-electron chi connectivity index (χ2n) is 7.12. The molecule has 0 unspecified atom stereocenters. The molecule has 1 saturated heterocycles. The lowest BCUT2D eigenvalue weighted by Crippen LogP contribution is -2.28. The van der Waals surface area contributed by atoms with Crippen LogP contribution in [-0.2, 0) is 26.6 Å². The summed E-state index contributed by atoms with van der Waals surface area (Å²) >= 11 is 1.79. The van der Waals surface area contributed by atoms with Crippen molar-refractivity contribution in [1.82, 2.24) is 24.2 Å². The largest absolute Gasteiger partial charge is 0.328 e. The molecule has 0 spiro atoms. The van der Waals surface area contributed by atoms with Gasteiger partial charge in [0.25, 0.3) is 0 Å². The van der Waals surface area contributed by atoms with E-state index in [1.165, 1.54) is 35.7 Å². The van der Waals surface area contributed by atoms with Crippen LogP contribution in [0.2, 0.25) is 0 Å². The average Bonchev–Trinajstić information content (AvgIpc) is 3.31. The van der Waals surface area contributed by atoms with Gasteiger partial charge in [-0.1, -0.05) is 0 Å². The molecule has 2 atom stereocenters. The minimum atomic E-state index is 0.737. The highest BCUT2D eigenvalue weighted by molar-refractivity contribution is 7.07. The summed E-state index contributed by atoms with van der Waals surface area (Å²) in [5, 5.41) is 8.76. The van der Waals surface area contributed by atoms with Crippen molar-refractivity contribution in [3.8, 4) is 11.3 Å². The monoisotopic (exact) mass is 339 g/mol. The summed E-state index contributed by atoms with van der Waals surface area (Å²) in [5.41, 5.74) is 3.84. The normalized spacial score (nSPS) is 23.4. The fourth-order valence-corrected chi connectivity index (χ4v) is 4.94. The Morgan fingerprint density at radius 3 is 2.92 bits per heavy atom. The Hall–Kier alpha value is -1.92. The molecular formula is C18H21N5S. The number of nitrogens with zero attached hydrogens (tertiary/aromatic N) is 5. The molecule has 5 nitrogen and oxygen atoms in total. The van der Waals surface area contributed by atoms with Gasteiger partial charge in [0, 0.05) is 51.4 Å². The number of imidazole rings is 1. The molecule has 0 amide bonds. The molecule has 0 aliphatic carbocycles. The number of thiophene rings is 1. The summed E-state index contributed by atoms with van der Waals surface area (Å²) < 4.78 is 4.28. The van der Waals surface area contributed by atoms with Crippen molar-refractivity contribution in [3.63, 3.8) is 0 Å². The molecule has 0 bridgehead atoms. The molecule has 3 aromatic rings. The minimum Gasteiger partial charge on any atom is -0.328 e. The van der Waals surface area contributed by atoms with E-state index in [9.17, 15) is 0 Å². The van der Waals surface area contributed by atoms with Gasteiger partial charge in [0.1, 0.15) is 5.82 Å². The Bertz CT molecular complexity index is 847. The summed E-state index contributed by atoms with van der Waals surface area (Å²) in [6.07, 6.45) is 7.14. The van der Waals surface area contributed by atoms with E-state index in [1.54, 1.807) is 11.3 Å². The van der Waals surface area contributed by atoms with Gasteiger partial charge in [0.05, 0.1) is 18.1 Å². The molecule has 24 heavy (non-hydrogen) atoms. The number of hydrogen-bond acceptors (Lipinski definition) is 4.